The predicted molar refractivity (Wildman–Crippen MR) is 134 cm³/mol. The number of nitrogens with one attached hydrogen (secondary N) is 1. The maximum atomic E-state index is 9.19. The maximum Gasteiger partial charge on any atom is 0.261 e. The van der Waals surface area contributed by atoms with Gasteiger partial charge in [0.2, 0.25) is 11.6 Å². The molecule has 0 amide bonds. The van der Waals surface area contributed by atoms with Gasteiger partial charge in [0.15, 0.2) is 0 Å². The molecule has 36 heavy (non-hydrogen) atoms. The van der Waals surface area contributed by atoms with Crippen LogP contribution < -0.4 is 11.1 Å². The van der Waals surface area contributed by atoms with Gasteiger partial charge in [-0.3, -0.25) is 9.11 Å². The van der Waals surface area contributed by atoms with Crippen LogP contribution in [0.5, 0.6) is 0 Å². The Bertz CT molecular complexity index is 881. The molecule has 13 heteroatoms. The van der Waals surface area contributed by atoms with E-state index in [0.717, 1.165) is 50.6 Å². The van der Waals surface area contributed by atoms with E-state index in [4.69, 9.17) is 29.4 Å². The molecule has 4 bridgehead atoms. The fourth-order valence-electron chi connectivity index (χ4n) is 6.72. The first-order chi connectivity index (χ1) is 16.4. The molecule has 6 aliphatic rings. The molecule has 0 radical (unpaired) electrons. The summed E-state index contributed by atoms with van der Waals surface area (Å²) in [5, 5.41) is 3.54. The summed E-state index contributed by atoms with van der Waals surface area (Å²) in [7, 11) is -7.33. The SMILES string of the molecule is CC(C)(N)CNCC1CCC2(CC1)OOC1(O2)C2CC3CC(C2)CC1C3.CS(=O)(=O)O.CS(=O)(=O)O. The Morgan fingerprint density at radius 2 is 1.33 bits per heavy atom. The molecule has 1 heterocycles. The van der Waals surface area contributed by atoms with Gasteiger partial charge in [0, 0.05) is 36.8 Å². The van der Waals surface area contributed by atoms with Crippen molar-refractivity contribution < 1.29 is 40.5 Å². The Morgan fingerprint density at radius 3 is 1.75 bits per heavy atom. The van der Waals surface area contributed by atoms with E-state index in [2.05, 4.69) is 19.2 Å². The van der Waals surface area contributed by atoms with E-state index >= 15 is 0 Å². The molecule has 1 saturated heterocycles. The zero-order valence-electron chi connectivity index (χ0n) is 21.8. The van der Waals surface area contributed by atoms with Crippen molar-refractivity contribution in [3.63, 3.8) is 0 Å². The molecule has 0 unspecified atom stereocenters. The zero-order chi connectivity index (χ0) is 27.0. The van der Waals surface area contributed by atoms with Crippen LogP contribution in [0.25, 0.3) is 0 Å². The second kappa shape index (κ2) is 11.0. The fourth-order valence-corrected chi connectivity index (χ4v) is 6.72. The van der Waals surface area contributed by atoms with Crippen LogP contribution in [0.4, 0.5) is 0 Å². The van der Waals surface area contributed by atoms with E-state index in [-0.39, 0.29) is 5.54 Å². The molecule has 2 spiro atoms. The van der Waals surface area contributed by atoms with Gasteiger partial charge in [-0.2, -0.15) is 26.6 Å². The molecule has 1 aliphatic heterocycles. The van der Waals surface area contributed by atoms with Crippen molar-refractivity contribution in [2.24, 2.45) is 35.3 Å². The Balaban J connectivity index is 0.000000310. The number of hydrogen-bond donors (Lipinski definition) is 4. The van der Waals surface area contributed by atoms with Crippen LogP contribution >= 0.6 is 0 Å². The topological polar surface area (TPSA) is 174 Å². The standard InChI is InChI=1S/C21H36N2O3.2CH4O3S/c1-19(2,22)13-23-12-14-3-5-20(6-4-14)24-21(26-25-20)17-8-15-7-16(10-17)11-18(21)9-15;2*1-5(2,3)4/h14-18,23H,3-13,22H2,1-2H3;2*1H3,(H,2,3,4). The van der Waals surface area contributed by atoms with Crippen LogP contribution in [0.15, 0.2) is 0 Å². The minimum Gasteiger partial charge on any atom is -0.324 e. The number of nitrogens with two attached hydrogens (primary N) is 1. The summed E-state index contributed by atoms with van der Waals surface area (Å²) in [6, 6.07) is 0. The molecule has 0 aromatic rings. The van der Waals surface area contributed by atoms with E-state index in [1.54, 1.807) is 0 Å². The van der Waals surface area contributed by atoms with Crippen molar-refractivity contribution in [2.45, 2.75) is 88.7 Å². The summed E-state index contributed by atoms with van der Waals surface area (Å²) in [5.41, 5.74) is 5.92. The van der Waals surface area contributed by atoms with Crippen LogP contribution in [-0.2, 0) is 34.7 Å². The van der Waals surface area contributed by atoms with Crippen molar-refractivity contribution >= 4 is 20.2 Å². The van der Waals surface area contributed by atoms with Crippen LogP contribution in [-0.4, -0.2) is 68.7 Å². The molecule has 212 valence electrons. The summed E-state index contributed by atoms with van der Waals surface area (Å²) < 4.78 is 58.5. The van der Waals surface area contributed by atoms with E-state index in [1.807, 2.05) is 0 Å². The average molecular weight is 557 g/mol. The summed E-state index contributed by atoms with van der Waals surface area (Å²) in [6.45, 7) is 6.03. The highest BCUT2D eigenvalue weighted by Gasteiger charge is 2.66. The van der Waals surface area contributed by atoms with Crippen LogP contribution in [0.1, 0.15) is 71.6 Å². The van der Waals surface area contributed by atoms with Gasteiger partial charge >= 0.3 is 0 Å². The van der Waals surface area contributed by atoms with Gasteiger partial charge in [0.25, 0.3) is 20.2 Å². The Morgan fingerprint density at radius 1 is 0.889 bits per heavy atom. The molecule has 11 nitrogen and oxygen atoms in total. The molecule has 0 aromatic carbocycles. The summed E-state index contributed by atoms with van der Waals surface area (Å²) in [4.78, 5) is 12.1. The quantitative estimate of drug-likeness (QED) is 0.295. The normalized spacial score (nSPS) is 39.5. The molecule has 5 N–H and O–H groups in total. The molecule has 5 saturated carbocycles. The van der Waals surface area contributed by atoms with Gasteiger partial charge < -0.3 is 15.8 Å². The lowest BCUT2D eigenvalue weighted by Crippen LogP contribution is -2.59. The molecular weight excluding hydrogens is 512 g/mol. The molecule has 5 aliphatic carbocycles. The first-order valence-electron chi connectivity index (χ1n) is 12.8. The molecular formula is C23H44N2O9S2. The zero-order valence-corrected chi connectivity index (χ0v) is 23.4. The number of rotatable bonds is 4. The molecule has 6 rings (SSSR count). The summed E-state index contributed by atoms with van der Waals surface area (Å²) in [6.07, 6.45) is 12.2. The van der Waals surface area contributed by atoms with Gasteiger partial charge in [0.05, 0.1) is 12.5 Å². The number of hydrogen-bond acceptors (Lipinski definition) is 9. The highest BCUT2D eigenvalue weighted by molar-refractivity contribution is 7.85. The minimum atomic E-state index is -3.67. The van der Waals surface area contributed by atoms with Crippen LogP contribution in [0.3, 0.4) is 0 Å². The van der Waals surface area contributed by atoms with Gasteiger partial charge in [-0.1, -0.05) is 0 Å². The van der Waals surface area contributed by atoms with E-state index in [9.17, 15) is 16.8 Å². The van der Waals surface area contributed by atoms with Crippen molar-refractivity contribution in [1.82, 2.24) is 5.32 Å². The Kier molecular flexibility index (Phi) is 9.22. The highest BCUT2D eigenvalue weighted by Crippen LogP contribution is 2.63. The third kappa shape index (κ3) is 8.84. The Labute approximate surface area is 215 Å². The van der Waals surface area contributed by atoms with Crippen molar-refractivity contribution in [2.75, 3.05) is 25.6 Å². The smallest absolute Gasteiger partial charge is 0.261 e. The van der Waals surface area contributed by atoms with E-state index in [0.29, 0.717) is 30.3 Å². The van der Waals surface area contributed by atoms with Crippen LogP contribution in [0.2, 0.25) is 0 Å². The third-order valence-electron chi connectivity index (χ3n) is 7.83. The van der Waals surface area contributed by atoms with Crippen molar-refractivity contribution in [3.8, 4) is 0 Å². The first kappa shape index (κ1) is 30.2. The summed E-state index contributed by atoms with van der Waals surface area (Å²) >= 11 is 0. The van der Waals surface area contributed by atoms with Gasteiger partial charge in [-0.05, 0) is 83.1 Å². The van der Waals surface area contributed by atoms with Crippen molar-refractivity contribution in [1.29, 1.82) is 0 Å². The lowest BCUT2D eigenvalue weighted by Gasteiger charge is -2.57. The molecule has 0 atom stereocenters. The average Bonchev–Trinajstić information content (AvgIpc) is 3.04. The fraction of sp³-hybridized carbons (Fsp3) is 1.00. The van der Waals surface area contributed by atoms with E-state index in [1.165, 1.54) is 32.1 Å². The maximum absolute atomic E-state index is 9.19. The second-order valence-electron chi connectivity index (χ2n) is 12.2. The third-order valence-corrected chi connectivity index (χ3v) is 7.83. The lowest BCUT2D eigenvalue weighted by atomic mass is 9.53. The summed E-state index contributed by atoms with van der Waals surface area (Å²) in [5.74, 6) is 2.75. The van der Waals surface area contributed by atoms with E-state index < -0.39 is 31.8 Å². The van der Waals surface area contributed by atoms with Gasteiger partial charge in [-0.25, -0.2) is 0 Å². The highest BCUT2D eigenvalue weighted by atomic mass is 32.2. The monoisotopic (exact) mass is 556 g/mol. The second-order valence-corrected chi connectivity index (χ2v) is 15.2. The predicted octanol–water partition coefficient (Wildman–Crippen LogP) is 2.34. The molecule has 6 fully saturated rings. The number of ether oxygens (including phenoxy) is 1. The minimum absolute atomic E-state index is 0.146. The van der Waals surface area contributed by atoms with Crippen molar-refractivity contribution in [3.05, 3.63) is 0 Å². The first-order valence-corrected chi connectivity index (χ1v) is 16.5. The Hall–Kier alpha value is -0.380. The lowest BCUT2D eigenvalue weighted by molar-refractivity contribution is -0.390. The largest absolute Gasteiger partial charge is 0.324 e. The molecule has 0 aromatic heterocycles. The van der Waals surface area contributed by atoms with Gasteiger partial charge in [0.1, 0.15) is 0 Å². The van der Waals surface area contributed by atoms with Crippen LogP contribution in [0, 0.1) is 29.6 Å². The van der Waals surface area contributed by atoms with Gasteiger partial charge in [-0.15, -0.1) is 0 Å².